The molecule has 3 heterocycles. The number of aromatic nitrogens is 4. The second kappa shape index (κ2) is 11.9. The monoisotopic (exact) mass is 553 g/mol. The first-order chi connectivity index (χ1) is 17.8. The van der Waals surface area contributed by atoms with Crippen LogP contribution in [0.3, 0.4) is 0 Å². The highest BCUT2D eigenvalue weighted by Crippen LogP contribution is 2.32. The highest BCUT2D eigenvalue weighted by molar-refractivity contribution is 5.75. The Morgan fingerprint density at radius 3 is 2.50 bits per heavy atom. The Kier molecular flexibility index (Phi) is 9.14. The molecule has 1 amide bonds. The number of piperidine rings is 1. The third-order valence-corrected chi connectivity index (χ3v) is 5.79. The van der Waals surface area contributed by atoms with Crippen molar-refractivity contribution in [2.45, 2.75) is 50.6 Å². The Hall–Kier alpha value is -3.47. The number of carbonyl (C=O) groups is 1. The normalized spacial score (nSPS) is 19.2. The van der Waals surface area contributed by atoms with Crippen LogP contribution in [0.5, 0.6) is 0 Å². The number of anilines is 2. The molecule has 11 nitrogen and oxygen atoms in total. The van der Waals surface area contributed by atoms with Crippen molar-refractivity contribution in [2.24, 2.45) is 5.92 Å². The van der Waals surface area contributed by atoms with Crippen molar-refractivity contribution in [2.75, 3.05) is 30.0 Å². The maximum Gasteiger partial charge on any atom is 0.423 e. The van der Waals surface area contributed by atoms with Gasteiger partial charge in [-0.05, 0) is 25.7 Å². The first-order valence-corrected chi connectivity index (χ1v) is 11.4. The smallest absolute Gasteiger partial charge is 0.394 e. The van der Waals surface area contributed by atoms with Crippen LogP contribution in [0, 0.1) is 5.92 Å². The van der Waals surface area contributed by atoms with E-state index in [1.807, 2.05) is 0 Å². The van der Waals surface area contributed by atoms with E-state index in [0.29, 0.717) is 31.8 Å². The third-order valence-electron chi connectivity index (χ3n) is 5.79. The van der Waals surface area contributed by atoms with E-state index in [4.69, 9.17) is 4.84 Å². The zero-order valence-electron chi connectivity index (χ0n) is 19.9. The maximum absolute atomic E-state index is 13.1. The Bertz CT molecular complexity index is 1140. The second-order valence-corrected chi connectivity index (χ2v) is 8.76. The number of hydrogen-bond donors (Lipinski definition) is 4. The third kappa shape index (κ3) is 7.53. The fourth-order valence-electron chi connectivity index (χ4n) is 4.02. The van der Waals surface area contributed by atoms with Gasteiger partial charge in [0, 0.05) is 31.4 Å². The van der Waals surface area contributed by atoms with Crippen LogP contribution < -0.4 is 21.3 Å². The second-order valence-electron chi connectivity index (χ2n) is 8.76. The molecular weight excluding hydrogens is 528 g/mol. The van der Waals surface area contributed by atoms with Gasteiger partial charge in [0.15, 0.2) is 0 Å². The lowest BCUT2D eigenvalue weighted by Gasteiger charge is -2.38. The van der Waals surface area contributed by atoms with E-state index in [-0.39, 0.29) is 31.5 Å². The molecular formula is C21H25F6N7O4. The van der Waals surface area contributed by atoms with Gasteiger partial charge in [0.2, 0.25) is 11.9 Å². The fraction of sp³-hybridized carbons (Fsp3) is 0.571. The summed E-state index contributed by atoms with van der Waals surface area (Å²) in [7, 11) is 0. The minimum Gasteiger partial charge on any atom is -0.394 e. The number of aliphatic hydroxyl groups excluding tert-OH is 1. The predicted octanol–water partition coefficient (Wildman–Crippen LogP) is 2.11. The van der Waals surface area contributed by atoms with Crippen LogP contribution in [-0.4, -0.2) is 63.0 Å². The molecule has 1 aliphatic rings. The summed E-state index contributed by atoms with van der Waals surface area (Å²) in [5.74, 6) is -0.658. The van der Waals surface area contributed by atoms with Gasteiger partial charge in [0.1, 0.15) is 5.56 Å². The van der Waals surface area contributed by atoms with E-state index >= 15 is 0 Å². The number of nitrogens with zero attached hydrogens (tertiary/aromatic N) is 4. The Morgan fingerprint density at radius 1 is 1.21 bits per heavy atom. The molecule has 0 spiro atoms. The van der Waals surface area contributed by atoms with Crippen molar-refractivity contribution >= 4 is 17.5 Å². The van der Waals surface area contributed by atoms with Crippen LogP contribution in [0.2, 0.25) is 0 Å². The summed E-state index contributed by atoms with van der Waals surface area (Å²) in [6.07, 6.45) is -6.53. The van der Waals surface area contributed by atoms with Crippen molar-refractivity contribution in [1.82, 2.24) is 25.6 Å². The van der Waals surface area contributed by atoms with E-state index < -0.39 is 52.7 Å². The van der Waals surface area contributed by atoms with Crippen LogP contribution in [0.25, 0.3) is 0 Å². The number of carbonyl (C=O) groups excluding carboxylic acids is 1. The molecule has 17 heteroatoms. The molecule has 38 heavy (non-hydrogen) atoms. The van der Waals surface area contributed by atoms with E-state index in [1.165, 1.54) is 6.92 Å². The highest BCUT2D eigenvalue weighted by atomic mass is 19.4. The molecule has 0 bridgehead atoms. The number of nitrogens with one attached hydrogen (secondary N) is 3. The van der Waals surface area contributed by atoms with Crippen LogP contribution in [0.1, 0.15) is 37.3 Å². The van der Waals surface area contributed by atoms with E-state index in [2.05, 4.69) is 25.9 Å². The molecule has 1 saturated heterocycles. The van der Waals surface area contributed by atoms with Crippen molar-refractivity contribution < 1.29 is 41.1 Å². The highest BCUT2D eigenvalue weighted by Gasteiger charge is 2.38. The lowest BCUT2D eigenvalue weighted by Crippen LogP contribution is -2.46. The summed E-state index contributed by atoms with van der Waals surface area (Å²) in [6.45, 7) is 1.19. The van der Waals surface area contributed by atoms with Crippen molar-refractivity contribution in [3.8, 4) is 0 Å². The molecule has 1 aliphatic heterocycles. The Morgan fingerprint density at radius 2 is 1.89 bits per heavy atom. The summed E-state index contributed by atoms with van der Waals surface area (Å²) in [5.41, 5.74) is -2.16. The lowest BCUT2D eigenvalue weighted by atomic mass is 9.88. The van der Waals surface area contributed by atoms with Gasteiger partial charge in [-0.1, -0.05) is 0 Å². The topological polar surface area (TPSA) is 145 Å². The molecule has 3 rings (SSSR count). The fourth-order valence-corrected chi connectivity index (χ4v) is 4.02. The average Bonchev–Trinajstić information content (AvgIpc) is 2.82. The molecule has 0 radical (unpaired) electrons. The Labute approximate surface area is 211 Å². The molecule has 0 saturated carbocycles. The molecule has 3 atom stereocenters. The SMILES string of the molecule is C[C@@H](CONC(=O)CC1CCN(c2ncc(C(F)(F)F)cn2)[C@@H](CO)C1)Nc1cn[nH]c(=O)c1C(F)(F)F. The van der Waals surface area contributed by atoms with E-state index in [0.717, 1.165) is 6.20 Å². The number of halogens is 6. The average molecular weight is 553 g/mol. The maximum atomic E-state index is 13.1. The van der Waals surface area contributed by atoms with Gasteiger partial charge in [-0.25, -0.2) is 20.5 Å². The summed E-state index contributed by atoms with van der Waals surface area (Å²) >= 11 is 0. The molecule has 210 valence electrons. The van der Waals surface area contributed by atoms with Crippen LogP contribution in [0.15, 0.2) is 23.4 Å². The number of alkyl halides is 6. The minimum absolute atomic E-state index is 0.0101. The minimum atomic E-state index is -4.91. The number of H-pyrrole nitrogens is 1. The molecule has 0 aromatic carbocycles. The zero-order chi connectivity index (χ0) is 28.1. The van der Waals surface area contributed by atoms with Gasteiger partial charge in [-0.3, -0.25) is 14.4 Å². The van der Waals surface area contributed by atoms with Gasteiger partial charge in [0.25, 0.3) is 5.56 Å². The largest absolute Gasteiger partial charge is 0.423 e. The van der Waals surface area contributed by atoms with Crippen molar-refractivity contribution in [3.05, 3.63) is 40.1 Å². The van der Waals surface area contributed by atoms with Gasteiger partial charge in [0.05, 0.1) is 36.7 Å². The number of aromatic amines is 1. The quantitative estimate of drug-likeness (QED) is 0.271. The number of amides is 1. The summed E-state index contributed by atoms with van der Waals surface area (Å²) in [4.78, 5) is 38.0. The van der Waals surface area contributed by atoms with Gasteiger partial charge in [-0.15, -0.1) is 0 Å². The summed E-state index contributed by atoms with van der Waals surface area (Å²) in [5, 5.41) is 17.3. The number of hydroxylamine groups is 1. The zero-order valence-corrected chi connectivity index (χ0v) is 19.9. The van der Waals surface area contributed by atoms with Gasteiger partial charge >= 0.3 is 12.4 Å². The van der Waals surface area contributed by atoms with Crippen molar-refractivity contribution in [3.63, 3.8) is 0 Å². The molecule has 2 aromatic rings. The predicted molar refractivity (Wildman–Crippen MR) is 120 cm³/mol. The van der Waals surface area contributed by atoms with Crippen LogP contribution >= 0.6 is 0 Å². The molecule has 1 fully saturated rings. The summed E-state index contributed by atoms with van der Waals surface area (Å²) < 4.78 is 77.6. The van der Waals surface area contributed by atoms with Gasteiger partial charge < -0.3 is 15.3 Å². The molecule has 0 aliphatic carbocycles. The number of aliphatic hydroxyl groups is 1. The molecule has 4 N–H and O–H groups in total. The number of hydrogen-bond acceptors (Lipinski definition) is 9. The standard InChI is InChI=1S/C21H25F6N7O4/c1-11(31-15-8-30-32-18(37)17(15)21(25,26)27)10-38-33-16(36)5-12-2-3-34(14(4-12)9-35)19-28-6-13(7-29-19)20(22,23)24/h6-8,11-12,14,35H,2-5,9-10H2,1H3,(H,33,36)(H2,31,32,37)/t11-,12?,14+/m0/s1. The summed E-state index contributed by atoms with van der Waals surface area (Å²) in [6, 6.07) is -1.26. The van der Waals surface area contributed by atoms with Gasteiger partial charge in [-0.2, -0.15) is 31.4 Å². The van der Waals surface area contributed by atoms with Crippen molar-refractivity contribution in [1.29, 1.82) is 0 Å². The number of rotatable bonds is 9. The first kappa shape index (κ1) is 29.1. The van der Waals surface area contributed by atoms with E-state index in [9.17, 15) is 41.0 Å². The Balaban J connectivity index is 1.47. The molecule has 2 aromatic heterocycles. The van der Waals surface area contributed by atoms with Crippen LogP contribution in [0.4, 0.5) is 38.0 Å². The first-order valence-electron chi connectivity index (χ1n) is 11.4. The van der Waals surface area contributed by atoms with Crippen LogP contribution in [-0.2, 0) is 22.0 Å². The molecule has 1 unspecified atom stereocenters. The lowest BCUT2D eigenvalue weighted by molar-refractivity contribution is -0.139. The van der Waals surface area contributed by atoms with E-state index in [1.54, 1.807) is 10.00 Å².